The number of nitrogens with zero attached hydrogens (tertiary/aromatic N) is 1. The van der Waals surface area contributed by atoms with Gasteiger partial charge >= 0.3 is 0 Å². The third kappa shape index (κ3) is 1.56. The van der Waals surface area contributed by atoms with Crippen molar-refractivity contribution >= 4 is 11.0 Å². The van der Waals surface area contributed by atoms with Crippen LogP contribution in [-0.4, -0.2) is 15.1 Å². The van der Waals surface area contributed by atoms with E-state index in [0.717, 1.165) is 11.0 Å². The van der Waals surface area contributed by atoms with Crippen LogP contribution in [0.4, 0.5) is 0 Å². The van der Waals surface area contributed by atoms with Crippen molar-refractivity contribution < 1.29 is 5.11 Å². The van der Waals surface area contributed by atoms with Crippen LogP contribution in [0.25, 0.3) is 11.0 Å². The van der Waals surface area contributed by atoms with Crippen molar-refractivity contribution in [3.8, 4) is 5.75 Å². The minimum absolute atomic E-state index is 0.201. The van der Waals surface area contributed by atoms with Crippen LogP contribution in [-0.2, 0) is 0 Å². The number of H-pyrrole nitrogens is 1. The fourth-order valence-corrected chi connectivity index (χ4v) is 0.928. The second-order valence-corrected chi connectivity index (χ2v) is 2.11. The van der Waals surface area contributed by atoms with Gasteiger partial charge in [-0.15, -0.1) is 0 Å². The Morgan fingerprint density at radius 2 is 2.17 bits per heavy atom. The fraction of sp³-hybridized carbons (Fsp3) is 0.222. The highest BCUT2D eigenvalue weighted by Crippen LogP contribution is 2.14. The number of aromatic nitrogens is 2. The molecule has 0 saturated heterocycles. The maximum atomic E-state index is 8.97. The predicted octanol–water partition coefficient (Wildman–Crippen LogP) is 2.29. The molecular weight excluding hydrogens is 152 g/mol. The summed E-state index contributed by atoms with van der Waals surface area (Å²) < 4.78 is 0. The van der Waals surface area contributed by atoms with E-state index in [4.69, 9.17) is 5.11 Å². The average molecular weight is 164 g/mol. The first-order valence-corrected chi connectivity index (χ1v) is 3.98. The molecule has 0 fully saturated rings. The molecule has 0 spiro atoms. The number of aromatic hydroxyl groups is 1. The second kappa shape index (κ2) is 3.76. The van der Waals surface area contributed by atoms with Crippen LogP contribution in [0.2, 0.25) is 0 Å². The third-order valence-corrected chi connectivity index (χ3v) is 1.39. The molecule has 0 unspecified atom stereocenters. The van der Waals surface area contributed by atoms with Gasteiger partial charge in [-0.25, -0.2) is 4.98 Å². The quantitative estimate of drug-likeness (QED) is 0.627. The van der Waals surface area contributed by atoms with E-state index >= 15 is 0 Å². The number of fused-ring (bicyclic) bond motifs is 1. The molecule has 2 aromatic heterocycles. The van der Waals surface area contributed by atoms with E-state index in [2.05, 4.69) is 9.97 Å². The summed E-state index contributed by atoms with van der Waals surface area (Å²) in [7, 11) is 0. The molecule has 12 heavy (non-hydrogen) atoms. The van der Waals surface area contributed by atoms with Gasteiger partial charge in [-0.3, -0.25) is 0 Å². The van der Waals surface area contributed by atoms with Crippen LogP contribution in [0.3, 0.4) is 0 Å². The van der Waals surface area contributed by atoms with Crippen LogP contribution in [0, 0.1) is 0 Å². The van der Waals surface area contributed by atoms with Crippen molar-refractivity contribution in [2.75, 3.05) is 0 Å². The lowest BCUT2D eigenvalue weighted by Gasteiger charge is -1.88. The highest BCUT2D eigenvalue weighted by atomic mass is 16.3. The Labute approximate surface area is 71.1 Å². The topological polar surface area (TPSA) is 48.9 Å². The minimum Gasteiger partial charge on any atom is -0.506 e. The van der Waals surface area contributed by atoms with E-state index in [1.807, 2.05) is 19.9 Å². The fourth-order valence-electron chi connectivity index (χ4n) is 0.928. The van der Waals surface area contributed by atoms with Gasteiger partial charge in [0.1, 0.15) is 11.4 Å². The third-order valence-electron chi connectivity index (χ3n) is 1.39. The molecule has 64 valence electrons. The molecule has 0 aromatic carbocycles. The molecular formula is C9H12N2O. The van der Waals surface area contributed by atoms with Gasteiger partial charge in [0.2, 0.25) is 0 Å². The minimum atomic E-state index is 0.201. The van der Waals surface area contributed by atoms with Crippen LogP contribution >= 0.6 is 0 Å². The standard InChI is InChI=1S/C7H6N2O.C2H6/c10-6-3-5-1-2-8-7(5)9-4-6;1-2/h1-4,10H,(H,8,9);1-2H3. The number of hydrogen-bond donors (Lipinski definition) is 2. The predicted molar refractivity (Wildman–Crippen MR) is 49.1 cm³/mol. The lowest BCUT2D eigenvalue weighted by Crippen LogP contribution is -1.73. The molecule has 0 bridgehead atoms. The molecule has 0 saturated carbocycles. The Bertz CT molecular complexity index is 354. The van der Waals surface area contributed by atoms with Gasteiger partial charge in [-0.05, 0) is 12.1 Å². The maximum absolute atomic E-state index is 8.97. The summed E-state index contributed by atoms with van der Waals surface area (Å²) in [6, 6.07) is 3.53. The average Bonchev–Trinajstić information content (AvgIpc) is 2.54. The first kappa shape index (κ1) is 8.59. The summed E-state index contributed by atoms with van der Waals surface area (Å²) in [5.74, 6) is 0.201. The van der Waals surface area contributed by atoms with Gasteiger partial charge in [0.15, 0.2) is 0 Å². The van der Waals surface area contributed by atoms with Crippen LogP contribution in [0.1, 0.15) is 13.8 Å². The van der Waals surface area contributed by atoms with Gasteiger partial charge in [-0.2, -0.15) is 0 Å². The van der Waals surface area contributed by atoms with Crippen LogP contribution < -0.4 is 0 Å². The van der Waals surface area contributed by atoms with Crippen molar-refractivity contribution in [1.82, 2.24) is 9.97 Å². The molecule has 3 heteroatoms. The highest BCUT2D eigenvalue weighted by Gasteiger charge is 1.94. The zero-order valence-corrected chi connectivity index (χ0v) is 7.20. The monoisotopic (exact) mass is 164 g/mol. The van der Waals surface area contributed by atoms with Crippen LogP contribution in [0.15, 0.2) is 24.5 Å². The van der Waals surface area contributed by atoms with E-state index < -0.39 is 0 Å². The van der Waals surface area contributed by atoms with E-state index in [-0.39, 0.29) is 5.75 Å². The molecule has 0 atom stereocenters. The zero-order chi connectivity index (χ0) is 8.97. The Kier molecular flexibility index (Phi) is 2.69. The van der Waals surface area contributed by atoms with Gasteiger partial charge in [0.25, 0.3) is 0 Å². The molecule has 0 aliphatic heterocycles. The van der Waals surface area contributed by atoms with E-state index in [9.17, 15) is 0 Å². The first-order valence-electron chi connectivity index (χ1n) is 3.98. The Morgan fingerprint density at radius 1 is 1.42 bits per heavy atom. The summed E-state index contributed by atoms with van der Waals surface area (Å²) in [6.45, 7) is 4.00. The summed E-state index contributed by atoms with van der Waals surface area (Å²) in [5.41, 5.74) is 0.804. The van der Waals surface area contributed by atoms with Gasteiger partial charge in [0, 0.05) is 11.6 Å². The summed E-state index contributed by atoms with van der Waals surface area (Å²) >= 11 is 0. The summed E-state index contributed by atoms with van der Waals surface area (Å²) in [4.78, 5) is 6.86. The van der Waals surface area contributed by atoms with Gasteiger partial charge in [0.05, 0.1) is 6.20 Å². The van der Waals surface area contributed by atoms with Crippen LogP contribution in [0.5, 0.6) is 5.75 Å². The Hall–Kier alpha value is -1.51. The summed E-state index contributed by atoms with van der Waals surface area (Å²) in [5, 5.41) is 9.90. The van der Waals surface area contributed by atoms with E-state index in [1.165, 1.54) is 6.20 Å². The smallest absolute Gasteiger partial charge is 0.137 e. The molecule has 0 radical (unpaired) electrons. The van der Waals surface area contributed by atoms with Crippen molar-refractivity contribution in [3.05, 3.63) is 24.5 Å². The van der Waals surface area contributed by atoms with Crippen molar-refractivity contribution in [1.29, 1.82) is 0 Å². The number of rotatable bonds is 0. The normalized spacial score (nSPS) is 9.17. The Balaban J connectivity index is 0.000000336. The maximum Gasteiger partial charge on any atom is 0.137 e. The lowest BCUT2D eigenvalue weighted by molar-refractivity contribution is 0.474. The number of hydrogen-bond acceptors (Lipinski definition) is 2. The molecule has 3 nitrogen and oxygen atoms in total. The molecule has 2 heterocycles. The SMILES string of the molecule is CC.Oc1cnc2[nH]ccc2c1. The van der Waals surface area contributed by atoms with Crippen molar-refractivity contribution in [2.24, 2.45) is 0 Å². The van der Waals surface area contributed by atoms with Crippen molar-refractivity contribution in [2.45, 2.75) is 13.8 Å². The summed E-state index contributed by atoms with van der Waals surface area (Å²) in [6.07, 6.45) is 3.20. The highest BCUT2D eigenvalue weighted by molar-refractivity contribution is 5.76. The lowest BCUT2D eigenvalue weighted by atomic mass is 10.3. The second-order valence-electron chi connectivity index (χ2n) is 2.11. The molecule has 0 amide bonds. The Morgan fingerprint density at radius 3 is 2.92 bits per heavy atom. The zero-order valence-electron chi connectivity index (χ0n) is 7.20. The van der Waals surface area contributed by atoms with E-state index in [1.54, 1.807) is 12.3 Å². The van der Waals surface area contributed by atoms with Crippen molar-refractivity contribution in [3.63, 3.8) is 0 Å². The molecule has 2 rings (SSSR count). The number of pyridine rings is 1. The van der Waals surface area contributed by atoms with E-state index in [0.29, 0.717) is 0 Å². The number of aromatic amines is 1. The molecule has 0 aliphatic rings. The van der Waals surface area contributed by atoms with Gasteiger partial charge in [-0.1, -0.05) is 13.8 Å². The molecule has 2 aromatic rings. The largest absolute Gasteiger partial charge is 0.506 e. The molecule has 2 N–H and O–H groups in total. The number of nitrogens with one attached hydrogen (secondary N) is 1. The van der Waals surface area contributed by atoms with Gasteiger partial charge < -0.3 is 10.1 Å². The first-order chi connectivity index (χ1) is 5.86. The molecule has 0 aliphatic carbocycles.